The van der Waals surface area contributed by atoms with Gasteiger partial charge in [0.1, 0.15) is 11.2 Å². The van der Waals surface area contributed by atoms with Crippen LogP contribution in [0.5, 0.6) is 0 Å². The van der Waals surface area contributed by atoms with Crippen LogP contribution in [0.1, 0.15) is 70.5 Å². The zero-order valence-electron chi connectivity index (χ0n) is 24.6. The van der Waals surface area contributed by atoms with E-state index in [1.165, 1.54) is 6.07 Å². The van der Waals surface area contributed by atoms with Crippen molar-refractivity contribution in [2.24, 2.45) is 17.3 Å². The van der Waals surface area contributed by atoms with Gasteiger partial charge in [-0.15, -0.1) is 0 Å². The molecule has 2 N–H and O–H groups in total. The number of urea groups is 1. The third-order valence-corrected chi connectivity index (χ3v) is 9.67. The smallest absolute Gasteiger partial charge is 0.317 e. The molecule has 3 heterocycles. The van der Waals surface area contributed by atoms with Gasteiger partial charge in [0.2, 0.25) is 11.8 Å². The quantitative estimate of drug-likeness (QED) is 0.388. The van der Waals surface area contributed by atoms with Gasteiger partial charge in [0.15, 0.2) is 0 Å². The molecule has 2 aromatic rings. The number of hydrogen-bond acceptors (Lipinski definition) is 3. The van der Waals surface area contributed by atoms with E-state index in [2.05, 4.69) is 31.4 Å². The second kappa shape index (κ2) is 11.7. The number of hydrogen-bond donors (Lipinski definition) is 2. The molecule has 0 bridgehead atoms. The molecular formula is C32H39Cl2FN4O3. The van der Waals surface area contributed by atoms with Crippen molar-refractivity contribution in [3.8, 4) is 0 Å². The number of fused-ring (bicyclic) bond motifs is 2. The van der Waals surface area contributed by atoms with Crippen LogP contribution in [-0.2, 0) is 15.0 Å². The first-order valence-electron chi connectivity index (χ1n) is 14.7. The van der Waals surface area contributed by atoms with Crippen LogP contribution < -0.4 is 10.6 Å². The summed E-state index contributed by atoms with van der Waals surface area (Å²) < 4.78 is 15.9. The van der Waals surface area contributed by atoms with Crippen molar-refractivity contribution in [2.75, 3.05) is 31.5 Å². The molecule has 0 aliphatic carbocycles. The molecule has 2 fully saturated rings. The van der Waals surface area contributed by atoms with Crippen LogP contribution in [0.3, 0.4) is 0 Å². The topological polar surface area (TPSA) is 81.8 Å². The Morgan fingerprint density at radius 3 is 2.52 bits per heavy atom. The van der Waals surface area contributed by atoms with Crippen molar-refractivity contribution >= 4 is 46.7 Å². The molecule has 3 aliphatic heterocycles. The first-order chi connectivity index (χ1) is 19.8. The van der Waals surface area contributed by atoms with Crippen LogP contribution in [0.15, 0.2) is 36.4 Å². The maximum Gasteiger partial charge on any atom is 0.317 e. The summed E-state index contributed by atoms with van der Waals surface area (Å²) in [6.07, 6.45) is 3.19. The van der Waals surface area contributed by atoms with Crippen molar-refractivity contribution in [1.29, 1.82) is 0 Å². The lowest BCUT2D eigenvalue weighted by Crippen LogP contribution is -2.48. The number of amides is 4. The fourth-order valence-corrected chi connectivity index (χ4v) is 7.65. The minimum absolute atomic E-state index is 0.0612. The van der Waals surface area contributed by atoms with Gasteiger partial charge in [0.05, 0.1) is 11.1 Å². The Morgan fingerprint density at radius 1 is 1.14 bits per heavy atom. The van der Waals surface area contributed by atoms with Gasteiger partial charge in [-0.25, -0.2) is 9.18 Å². The fraction of sp³-hybridized carbons (Fsp3) is 0.531. The van der Waals surface area contributed by atoms with Crippen LogP contribution in [0.25, 0.3) is 0 Å². The lowest BCUT2D eigenvalue weighted by Gasteiger charge is -2.38. The summed E-state index contributed by atoms with van der Waals surface area (Å²) in [6.45, 7) is 10.1. The molecule has 10 heteroatoms. The summed E-state index contributed by atoms with van der Waals surface area (Å²) in [5.41, 5.74) is 0.0890. The van der Waals surface area contributed by atoms with Crippen molar-refractivity contribution in [1.82, 2.24) is 15.1 Å². The summed E-state index contributed by atoms with van der Waals surface area (Å²) in [4.78, 5) is 43.4. The van der Waals surface area contributed by atoms with Crippen molar-refractivity contribution < 1.29 is 18.8 Å². The first kappa shape index (κ1) is 30.6. The second-order valence-corrected chi connectivity index (χ2v) is 14.0. The molecular weight excluding hydrogens is 578 g/mol. The van der Waals surface area contributed by atoms with E-state index in [1.807, 2.05) is 11.0 Å². The average molecular weight is 618 g/mol. The van der Waals surface area contributed by atoms with Gasteiger partial charge in [0.25, 0.3) is 0 Å². The van der Waals surface area contributed by atoms with Crippen LogP contribution >= 0.6 is 23.2 Å². The van der Waals surface area contributed by atoms with E-state index in [4.69, 9.17) is 23.2 Å². The van der Waals surface area contributed by atoms with E-state index in [0.29, 0.717) is 35.2 Å². The van der Waals surface area contributed by atoms with E-state index in [1.54, 1.807) is 36.1 Å². The highest BCUT2D eigenvalue weighted by molar-refractivity contribution is 6.31. The first-order valence-corrected chi connectivity index (χ1v) is 15.4. The Labute approximate surface area is 257 Å². The van der Waals surface area contributed by atoms with Crippen LogP contribution in [-0.4, -0.2) is 53.8 Å². The van der Waals surface area contributed by atoms with Crippen molar-refractivity contribution in [3.05, 3.63) is 63.4 Å². The Bertz CT molecular complexity index is 1390. The molecule has 226 valence electrons. The number of rotatable bonds is 5. The average Bonchev–Trinajstić information content (AvgIpc) is 3.39. The molecule has 1 spiro atoms. The third-order valence-electron chi connectivity index (χ3n) is 9.14. The predicted molar refractivity (Wildman–Crippen MR) is 163 cm³/mol. The highest BCUT2D eigenvalue weighted by Crippen LogP contribution is 2.60. The number of piperidine rings is 1. The van der Waals surface area contributed by atoms with E-state index >= 15 is 4.39 Å². The Kier molecular flexibility index (Phi) is 8.52. The summed E-state index contributed by atoms with van der Waals surface area (Å²) in [5.74, 6) is -0.715. The zero-order chi connectivity index (χ0) is 30.4. The number of carbonyl (C=O) groups is 3. The molecule has 2 aromatic carbocycles. The number of nitrogens with zero attached hydrogens (tertiary/aromatic N) is 2. The molecule has 4 amide bonds. The van der Waals surface area contributed by atoms with Gasteiger partial charge in [-0.05, 0) is 66.7 Å². The van der Waals surface area contributed by atoms with Gasteiger partial charge in [-0.1, -0.05) is 62.2 Å². The van der Waals surface area contributed by atoms with Gasteiger partial charge >= 0.3 is 6.03 Å². The molecule has 0 unspecified atom stereocenters. The molecule has 5 rings (SSSR count). The standard InChI is InChI=1S/C32H39Cl2FN4O3/c1-19(40)38-14-11-20(12-15-38)10-13-36-30(42)39-18-21(17-31(2,3)4)32(28(39)23-6-5-7-25(34)27(23)35)24-9-8-22(33)16-26(24)37-29(32)41/h5-9,16,20-21,28H,10-15,17-18H2,1-4H3,(H,36,42)(H,37,41)/t21-,28-,32+/m1/s1. The number of nitrogens with one attached hydrogen (secondary N) is 2. The van der Waals surface area contributed by atoms with E-state index in [9.17, 15) is 14.4 Å². The van der Waals surface area contributed by atoms with Crippen LogP contribution in [0, 0.1) is 23.1 Å². The van der Waals surface area contributed by atoms with Gasteiger partial charge < -0.3 is 20.4 Å². The molecule has 3 atom stereocenters. The normalized spacial score (nSPS) is 24.2. The SMILES string of the molecule is CC(=O)N1CCC(CCNC(=O)N2C[C@@H](CC(C)(C)C)[C@@]3(C(=O)Nc4cc(Cl)ccc43)[C@H]2c2cccc(Cl)c2F)CC1. The Balaban J connectivity index is 1.50. The van der Waals surface area contributed by atoms with Crippen molar-refractivity contribution in [3.63, 3.8) is 0 Å². The number of carbonyl (C=O) groups excluding carboxylic acids is 3. The maximum absolute atomic E-state index is 15.9. The summed E-state index contributed by atoms with van der Waals surface area (Å²) in [5, 5.41) is 6.50. The van der Waals surface area contributed by atoms with Crippen LogP contribution in [0.2, 0.25) is 10.0 Å². The summed E-state index contributed by atoms with van der Waals surface area (Å²) in [6, 6.07) is 8.76. The van der Waals surface area contributed by atoms with E-state index in [0.717, 1.165) is 32.4 Å². The summed E-state index contributed by atoms with van der Waals surface area (Å²) >= 11 is 12.6. The zero-order valence-corrected chi connectivity index (χ0v) is 26.1. The van der Waals surface area contributed by atoms with Gasteiger partial charge in [0, 0.05) is 49.4 Å². The lowest BCUT2D eigenvalue weighted by atomic mass is 9.63. The molecule has 3 aliphatic rings. The van der Waals surface area contributed by atoms with Crippen molar-refractivity contribution in [2.45, 2.75) is 64.8 Å². The third kappa shape index (κ3) is 5.60. The Morgan fingerprint density at radius 2 is 1.86 bits per heavy atom. The lowest BCUT2D eigenvalue weighted by molar-refractivity contribution is -0.130. The largest absolute Gasteiger partial charge is 0.343 e. The maximum atomic E-state index is 15.9. The number of anilines is 1. The van der Waals surface area contributed by atoms with Crippen LogP contribution in [0.4, 0.5) is 14.9 Å². The summed E-state index contributed by atoms with van der Waals surface area (Å²) in [7, 11) is 0. The molecule has 7 nitrogen and oxygen atoms in total. The minimum Gasteiger partial charge on any atom is -0.343 e. The monoisotopic (exact) mass is 616 g/mol. The highest BCUT2D eigenvalue weighted by atomic mass is 35.5. The molecule has 42 heavy (non-hydrogen) atoms. The number of benzene rings is 2. The predicted octanol–water partition coefficient (Wildman–Crippen LogP) is 6.79. The van der Waals surface area contributed by atoms with Gasteiger partial charge in [-0.2, -0.15) is 0 Å². The minimum atomic E-state index is -1.24. The molecule has 0 saturated carbocycles. The number of likely N-dealkylation sites (tertiary alicyclic amines) is 2. The van der Waals surface area contributed by atoms with Gasteiger partial charge in [-0.3, -0.25) is 9.59 Å². The van der Waals surface area contributed by atoms with E-state index in [-0.39, 0.29) is 46.3 Å². The number of halogens is 3. The highest BCUT2D eigenvalue weighted by Gasteiger charge is 2.65. The Hall–Kier alpha value is -2.84. The second-order valence-electron chi connectivity index (χ2n) is 13.1. The van der Waals surface area contributed by atoms with E-state index < -0.39 is 17.3 Å². The molecule has 0 aromatic heterocycles. The molecule has 0 radical (unpaired) electrons. The molecule has 2 saturated heterocycles. The fourth-order valence-electron chi connectivity index (χ4n) is 7.29.